The van der Waals surface area contributed by atoms with E-state index in [2.05, 4.69) is 5.32 Å². The molecule has 1 N–H and O–H groups in total. The summed E-state index contributed by atoms with van der Waals surface area (Å²) < 4.78 is 0. The van der Waals surface area contributed by atoms with E-state index in [9.17, 15) is 14.9 Å². The van der Waals surface area contributed by atoms with Gasteiger partial charge in [-0.3, -0.25) is 14.9 Å². The fourth-order valence-electron chi connectivity index (χ4n) is 1.41. The van der Waals surface area contributed by atoms with Crippen molar-refractivity contribution in [3.05, 3.63) is 33.9 Å². The first kappa shape index (κ1) is 13.2. The molecule has 0 amide bonds. The zero-order valence-corrected chi connectivity index (χ0v) is 10.2. The Kier molecular flexibility index (Phi) is 4.20. The highest BCUT2D eigenvalue weighted by Gasteiger charge is 2.13. The van der Waals surface area contributed by atoms with E-state index in [4.69, 9.17) is 0 Å². The largest absolute Gasteiger partial charge is 0.384 e. The van der Waals surface area contributed by atoms with Gasteiger partial charge in [-0.25, -0.2) is 0 Å². The maximum atomic E-state index is 11.4. The standard InChI is InChI=1S/C12H16N2O3/c1-8(2)7-13-12-5-4-10(14(16)17)6-11(12)9(3)15/h4-6,8,13H,7H2,1-3H3. The Balaban J connectivity index is 3.04. The smallest absolute Gasteiger partial charge is 0.270 e. The summed E-state index contributed by atoms with van der Waals surface area (Å²) in [6.07, 6.45) is 0. The highest BCUT2D eigenvalue weighted by Crippen LogP contribution is 2.22. The lowest BCUT2D eigenvalue weighted by Gasteiger charge is -2.11. The lowest BCUT2D eigenvalue weighted by atomic mass is 10.1. The van der Waals surface area contributed by atoms with Crippen LogP contribution in [-0.4, -0.2) is 17.3 Å². The number of ketones is 1. The van der Waals surface area contributed by atoms with Crippen molar-refractivity contribution in [3.8, 4) is 0 Å². The zero-order valence-electron chi connectivity index (χ0n) is 10.2. The van der Waals surface area contributed by atoms with E-state index in [0.29, 0.717) is 17.2 Å². The Morgan fingerprint density at radius 3 is 2.59 bits per heavy atom. The number of rotatable bonds is 5. The quantitative estimate of drug-likeness (QED) is 0.484. The van der Waals surface area contributed by atoms with Gasteiger partial charge in [0.15, 0.2) is 5.78 Å². The minimum absolute atomic E-state index is 0.0645. The van der Waals surface area contributed by atoms with Crippen molar-refractivity contribution in [3.63, 3.8) is 0 Å². The van der Waals surface area contributed by atoms with Crippen molar-refractivity contribution in [2.75, 3.05) is 11.9 Å². The van der Waals surface area contributed by atoms with E-state index in [-0.39, 0.29) is 11.5 Å². The van der Waals surface area contributed by atoms with Crippen LogP contribution in [0.2, 0.25) is 0 Å². The number of nitrogens with one attached hydrogen (secondary N) is 1. The number of carbonyl (C=O) groups is 1. The summed E-state index contributed by atoms with van der Waals surface area (Å²) in [5.41, 5.74) is 0.946. The third-order valence-corrected chi connectivity index (χ3v) is 2.29. The van der Waals surface area contributed by atoms with Gasteiger partial charge >= 0.3 is 0 Å². The molecule has 0 saturated heterocycles. The van der Waals surface area contributed by atoms with Crippen LogP contribution in [0.5, 0.6) is 0 Å². The fraction of sp³-hybridized carbons (Fsp3) is 0.417. The van der Waals surface area contributed by atoms with E-state index in [1.54, 1.807) is 6.07 Å². The molecule has 0 fully saturated rings. The Labute approximate surface area is 100.0 Å². The summed E-state index contributed by atoms with van der Waals surface area (Å²) in [6, 6.07) is 4.29. The Morgan fingerprint density at radius 2 is 2.12 bits per heavy atom. The number of non-ortho nitro benzene ring substituents is 1. The molecule has 0 unspecified atom stereocenters. The molecule has 0 aliphatic rings. The topological polar surface area (TPSA) is 72.2 Å². The molecule has 1 aromatic rings. The Bertz CT molecular complexity index is 441. The summed E-state index contributed by atoms with van der Waals surface area (Å²) in [5, 5.41) is 13.7. The van der Waals surface area contributed by atoms with Gasteiger partial charge in [0.25, 0.3) is 5.69 Å². The van der Waals surface area contributed by atoms with Gasteiger partial charge in [0, 0.05) is 29.9 Å². The lowest BCUT2D eigenvalue weighted by Crippen LogP contribution is -2.11. The van der Waals surface area contributed by atoms with Gasteiger partial charge in [0.1, 0.15) is 0 Å². The first-order chi connectivity index (χ1) is 7.91. The molecule has 0 radical (unpaired) electrons. The van der Waals surface area contributed by atoms with Gasteiger partial charge in [-0.05, 0) is 18.9 Å². The number of nitro groups is 1. The second-order valence-corrected chi connectivity index (χ2v) is 4.32. The molecule has 0 heterocycles. The molecule has 0 atom stereocenters. The molecule has 0 aromatic heterocycles. The van der Waals surface area contributed by atoms with Crippen LogP contribution < -0.4 is 5.32 Å². The van der Waals surface area contributed by atoms with Crippen LogP contribution >= 0.6 is 0 Å². The normalized spacial score (nSPS) is 10.4. The maximum Gasteiger partial charge on any atom is 0.270 e. The van der Waals surface area contributed by atoms with Crippen molar-refractivity contribution in [2.45, 2.75) is 20.8 Å². The molecule has 5 nitrogen and oxygen atoms in total. The Morgan fingerprint density at radius 1 is 1.47 bits per heavy atom. The third kappa shape index (κ3) is 3.55. The van der Waals surface area contributed by atoms with E-state index in [1.165, 1.54) is 19.1 Å². The first-order valence-electron chi connectivity index (χ1n) is 5.45. The molecule has 0 aliphatic heterocycles. The van der Waals surface area contributed by atoms with Crippen LogP contribution in [0.4, 0.5) is 11.4 Å². The number of nitro benzene ring substituents is 1. The average Bonchev–Trinajstić information content (AvgIpc) is 2.25. The number of Topliss-reactive ketones (excluding diaryl/α,β-unsaturated/α-hetero) is 1. The van der Waals surface area contributed by atoms with Crippen LogP contribution in [0.3, 0.4) is 0 Å². The van der Waals surface area contributed by atoms with Crippen molar-refractivity contribution < 1.29 is 9.72 Å². The summed E-state index contributed by atoms with van der Waals surface area (Å²) in [4.78, 5) is 21.5. The fourth-order valence-corrected chi connectivity index (χ4v) is 1.41. The minimum atomic E-state index is -0.501. The number of carbonyl (C=O) groups excluding carboxylic acids is 1. The van der Waals surface area contributed by atoms with Gasteiger partial charge in [-0.15, -0.1) is 0 Å². The lowest BCUT2D eigenvalue weighted by molar-refractivity contribution is -0.384. The monoisotopic (exact) mass is 236 g/mol. The van der Waals surface area contributed by atoms with E-state index >= 15 is 0 Å². The van der Waals surface area contributed by atoms with Crippen molar-refractivity contribution in [1.82, 2.24) is 0 Å². The number of hydrogen-bond acceptors (Lipinski definition) is 4. The van der Waals surface area contributed by atoms with Crippen molar-refractivity contribution >= 4 is 17.2 Å². The maximum absolute atomic E-state index is 11.4. The van der Waals surface area contributed by atoms with Crippen LogP contribution in [0.15, 0.2) is 18.2 Å². The summed E-state index contributed by atoms with van der Waals surface area (Å²) in [6.45, 7) is 6.22. The number of benzene rings is 1. The SMILES string of the molecule is CC(=O)c1cc([N+](=O)[O-])ccc1NCC(C)C. The molecule has 17 heavy (non-hydrogen) atoms. The zero-order chi connectivity index (χ0) is 13.0. The highest BCUT2D eigenvalue weighted by atomic mass is 16.6. The minimum Gasteiger partial charge on any atom is -0.384 e. The molecular weight excluding hydrogens is 220 g/mol. The van der Waals surface area contributed by atoms with Crippen molar-refractivity contribution in [1.29, 1.82) is 0 Å². The predicted octanol–water partition coefficient (Wildman–Crippen LogP) is 2.87. The second kappa shape index (κ2) is 5.43. The highest BCUT2D eigenvalue weighted by molar-refractivity contribution is 6.00. The predicted molar refractivity (Wildman–Crippen MR) is 66.4 cm³/mol. The molecule has 1 rings (SSSR count). The molecule has 0 aliphatic carbocycles. The van der Waals surface area contributed by atoms with E-state index < -0.39 is 4.92 Å². The molecule has 5 heteroatoms. The van der Waals surface area contributed by atoms with Crippen LogP contribution in [0.25, 0.3) is 0 Å². The number of hydrogen-bond donors (Lipinski definition) is 1. The van der Waals surface area contributed by atoms with E-state index in [1.807, 2.05) is 13.8 Å². The number of anilines is 1. The van der Waals surface area contributed by atoms with Gasteiger partial charge in [0.05, 0.1) is 4.92 Å². The summed E-state index contributed by atoms with van der Waals surface area (Å²) in [5.74, 6) is 0.255. The molecule has 0 spiro atoms. The van der Waals surface area contributed by atoms with Crippen LogP contribution in [0.1, 0.15) is 31.1 Å². The van der Waals surface area contributed by atoms with Gasteiger partial charge in [-0.1, -0.05) is 13.8 Å². The first-order valence-corrected chi connectivity index (χ1v) is 5.45. The van der Waals surface area contributed by atoms with E-state index in [0.717, 1.165) is 6.54 Å². The van der Waals surface area contributed by atoms with Crippen molar-refractivity contribution in [2.24, 2.45) is 5.92 Å². The van der Waals surface area contributed by atoms with Gasteiger partial charge in [0.2, 0.25) is 0 Å². The molecule has 1 aromatic carbocycles. The third-order valence-electron chi connectivity index (χ3n) is 2.29. The average molecular weight is 236 g/mol. The Hall–Kier alpha value is -1.91. The molecule has 0 bridgehead atoms. The van der Waals surface area contributed by atoms with Gasteiger partial charge in [-0.2, -0.15) is 0 Å². The molecule has 92 valence electrons. The molecule has 0 saturated carbocycles. The number of nitrogens with zero attached hydrogens (tertiary/aromatic N) is 1. The van der Waals surface area contributed by atoms with Crippen LogP contribution in [0, 0.1) is 16.0 Å². The second-order valence-electron chi connectivity index (χ2n) is 4.32. The summed E-state index contributed by atoms with van der Waals surface area (Å²) in [7, 11) is 0. The summed E-state index contributed by atoms with van der Waals surface area (Å²) >= 11 is 0. The van der Waals surface area contributed by atoms with Crippen LogP contribution in [-0.2, 0) is 0 Å². The van der Waals surface area contributed by atoms with Gasteiger partial charge < -0.3 is 5.32 Å². The molecular formula is C12H16N2O3.